The highest BCUT2D eigenvalue weighted by atomic mass is 32.2. The number of rotatable bonds is 4. The molecule has 2 N–H and O–H groups in total. The molecule has 1 aliphatic carbocycles. The molecule has 1 saturated carbocycles. The summed E-state index contributed by atoms with van der Waals surface area (Å²) in [5.74, 6) is -0.174. The van der Waals surface area contributed by atoms with Crippen LogP contribution in [0.3, 0.4) is 0 Å². The van der Waals surface area contributed by atoms with Crippen LogP contribution in [0.15, 0.2) is 28.0 Å². The van der Waals surface area contributed by atoms with Crippen molar-refractivity contribution in [3.63, 3.8) is 0 Å². The molecule has 30 heavy (non-hydrogen) atoms. The highest BCUT2D eigenvalue weighted by molar-refractivity contribution is 8.01. The zero-order chi connectivity index (χ0) is 21.3. The lowest BCUT2D eigenvalue weighted by atomic mass is 9.93. The van der Waals surface area contributed by atoms with Crippen molar-refractivity contribution in [3.05, 3.63) is 18.2 Å². The summed E-state index contributed by atoms with van der Waals surface area (Å²) >= 11 is 1.43. The number of benzene rings is 1. The summed E-state index contributed by atoms with van der Waals surface area (Å²) in [6, 6.07) is 5.18. The molecular formula is C21H29N3O4S2. The van der Waals surface area contributed by atoms with Gasteiger partial charge in [-0.25, -0.2) is 8.42 Å². The van der Waals surface area contributed by atoms with E-state index in [0.29, 0.717) is 31.6 Å². The van der Waals surface area contributed by atoms with Crippen LogP contribution in [0.4, 0.5) is 5.69 Å². The molecule has 0 bridgehead atoms. The van der Waals surface area contributed by atoms with E-state index in [-0.39, 0.29) is 33.9 Å². The van der Waals surface area contributed by atoms with Gasteiger partial charge >= 0.3 is 0 Å². The lowest BCUT2D eigenvalue weighted by molar-refractivity contribution is -0.127. The molecule has 2 aliphatic heterocycles. The second-order valence-electron chi connectivity index (χ2n) is 8.43. The van der Waals surface area contributed by atoms with Crippen LogP contribution in [0.2, 0.25) is 0 Å². The highest BCUT2D eigenvalue weighted by Crippen LogP contribution is 2.37. The number of anilines is 1. The van der Waals surface area contributed by atoms with E-state index in [0.717, 1.165) is 17.7 Å². The van der Waals surface area contributed by atoms with Crippen LogP contribution in [0.1, 0.15) is 51.9 Å². The average Bonchev–Trinajstić information content (AvgIpc) is 2.75. The Balaban J connectivity index is 1.38. The first-order valence-corrected chi connectivity index (χ1v) is 13.1. The molecule has 2 amide bonds. The summed E-state index contributed by atoms with van der Waals surface area (Å²) in [6.07, 6.45) is 6.74. The molecule has 2 heterocycles. The number of hydrogen-bond acceptors (Lipinski definition) is 5. The number of nitrogens with zero attached hydrogens (tertiary/aromatic N) is 1. The van der Waals surface area contributed by atoms with Crippen molar-refractivity contribution in [2.24, 2.45) is 5.92 Å². The van der Waals surface area contributed by atoms with E-state index in [2.05, 4.69) is 10.6 Å². The number of fused-ring (bicyclic) bond motifs is 1. The Morgan fingerprint density at radius 3 is 2.53 bits per heavy atom. The number of hydrogen-bond donors (Lipinski definition) is 2. The number of nitrogens with one attached hydrogen (secondary N) is 2. The Kier molecular flexibility index (Phi) is 6.41. The molecule has 4 rings (SSSR count). The molecule has 7 nitrogen and oxygen atoms in total. The van der Waals surface area contributed by atoms with Gasteiger partial charge in [0.1, 0.15) is 0 Å². The van der Waals surface area contributed by atoms with Crippen molar-refractivity contribution >= 4 is 39.3 Å². The van der Waals surface area contributed by atoms with Gasteiger partial charge in [-0.05, 0) is 50.8 Å². The van der Waals surface area contributed by atoms with Crippen molar-refractivity contribution in [2.75, 3.05) is 18.4 Å². The Bertz CT molecular complexity index is 920. The minimum atomic E-state index is -3.66. The van der Waals surface area contributed by atoms with Gasteiger partial charge in [-0.1, -0.05) is 19.3 Å². The number of carbonyl (C=O) groups is 2. The summed E-state index contributed by atoms with van der Waals surface area (Å²) in [5.41, 5.74) is 0.547. The van der Waals surface area contributed by atoms with Gasteiger partial charge in [0, 0.05) is 29.9 Å². The van der Waals surface area contributed by atoms with E-state index >= 15 is 0 Å². The zero-order valence-electron chi connectivity index (χ0n) is 17.2. The smallest absolute Gasteiger partial charge is 0.243 e. The van der Waals surface area contributed by atoms with Crippen LogP contribution in [0.5, 0.6) is 0 Å². The van der Waals surface area contributed by atoms with Gasteiger partial charge in [0.15, 0.2) is 0 Å². The van der Waals surface area contributed by atoms with Crippen molar-refractivity contribution in [2.45, 2.75) is 73.0 Å². The first-order valence-electron chi connectivity index (χ1n) is 10.8. The molecule has 1 aromatic rings. The minimum Gasteiger partial charge on any atom is -0.353 e. The van der Waals surface area contributed by atoms with Gasteiger partial charge in [-0.3, -0.25) is 9.59 Å². The predicted molar refractivity (Wildman–Crippen MR) is 117 cm³/mol. The highest BCUT2D eigenvalue weighted by Gasteiger charge is 2.34. The number of carbonyl (C=O) groups excluding carboxylic acids is 2. The third-order valence-electron chi connectivity index (χ3n) is 6.30. The standard InChI is InChI=1S/C21H29N3O4S2/c1-14-20(25)23-18-13-17(7-8-19(18)29-14)30(27,28)24-11-9-15(10-12-24)21(26)22-16-5-3-2-4-6-16/h7-8,13-16H,2-6,9-12H2,1H3,(H,22,26)(H,23,25)/t14-/m0/s1. The van der Waals surface area contributed by atoms with Crippen molar-refractivity contribution in [1.82, 2.24) is 9.62 Å². The largest absolute Gasteiger partial charge is 0.353 e. The van der Waals surface area contributed by atoms with Gasteiger partial charge in [0.25, 0.3) is 0 Å². The van der Waals surface area contributed by atoms with E-state index in [1.54, 1.807) is 18.2 Å². The van der Waals surface area contributed by atoms with E-state index in [1.165, 1.54) is 35.3 Å². The third-order valence-corrected chi connectivity index (χ3v) is 9.37. The fraction of sp³-hybridized carbons (Fsp3) is 0.619. The van der Waals surface area contributed by atoms with Crippen LogP contribution in [-0.2, 0) is 19.6 Å². The number of sulfonamides is 1. The van der Waals surface area contributed by atoms with Gasteiger partial charge in [-0.15, -0.1) is 11.8 Å². The van der Waals surface area contributed by atoms with Gasteiger partial charge in [-0.2, -0.15) is 4.31 Å². The first kappa shape index (κ1) is 21.6. The lowest BCUT2D eigenvalue weighted by Crippen LogP contribution is -2.45. The third kappa shape index (κ3) is 4.53. The molecule has 1 saturated heterocycles. The zero-order valence-corrected chi connectivity index (χ0v) is 18.9. The van der Waals surface area contributed by atoms with Gasteiger partial charge < -0.3 is 10.6 Å². The van der Waals surface area contributed by atoms with Crippen LogP contribution in [0.25, 0.3) is 0 Å². The molecule has 9 heteroatoms. The van der Waals surface area contributed by atoms with Crippen molar-refractivity contribution < 1.29 is 18.0 Å². The van der Waals surface area contributed by atoms with E-state index in [9.17, 15) is 18.0 Å². The predicted octanol–water partition coefficient (Wildman–Crippen LogP) is 2.97. The number of piperidine rings is 1. The van der Waals surface area contributed by atoms with Crippen LogP contribution in [-0.4, -0.2) is 48.9 Å². The fourth-order valence-electron chi connectivity index (χ4n) is 4.42. The molecule has 0 unspecified atom stereocenters. The summed E-state index contributed by atoms with van der Waals surface area (Å²) in [4.78, 5) is 25.6. The monoisotopic (exact) mass is 451 g/mol. The second-order valence-corrected chi connectivity index (χ2v) is 11.7. The summed E-state index contributed by atoms with van der Waals surface area (Å²) in [5, 5.41) is 5.76. The average molecular weight is 452 g/mol. The van der Waals surface area contributed by atoms with E-state index < -0.39 is 10.0 Å². The fourth-order valence-corrected chi connectivity index (χ4v) is 6.85. The number of thioether (sulfide) groups is 1. The first-order chi connectivity index (χ1) is 14.3. The van der Waals surface area contributed by atoms with Crippen molar-refractivity contribution in [1.29, 1.82) is 0 Å². The summed E-state index contributed by atoms with van der Waals surface area (Å²) < 4.78 is 27.7. The Morgan fingerprint density at radius 2 is 1.83 bits per heavy atom. The molecule has 0 radical (unpaired) electrons. The summed E-state index contributed by atoms with van der Waals surface area (Å²) in [6.45, 7) is 2.49. The summed E-state index contributed by atoms with van der Waals surface area (Å²) in [7, 11) is -3.66. The van der Waals surface area contributed by atoms with Crippen LogP contribution < -0.4 is 10.6 Å². The van der Waals surface area contributed by atoms with Gasteiger partial charge in [0.2, 0.25) is 21.8 Å². The molecule has 2 fully saturated rings. The SMILES string of the molecule is C[C@@H]1Sc2ccc(S(=O)(=O)N3CCC(C(=O)NC4CCCCC4)CC3)cc2NC1=O. The molecule has 164 valence electrons. The Hall–Kier alpha value is -1.58. The molecule has 0 spiro atoms. The lowest BCUT2D eigenvalue weighted by Gasteiger charge is -2.32. The molecule has 3 aliphatic rings. The Labute approximate surface area is 182 Å². The molecule has 0 aromatic heterocycles. The molecule has 1 atom stereocenters. The molecule has 1 aromatic carbocycles. The van der Waals surface area contributed by atoms with Crippen molar-refractivity contribution in [3.8, 4) is 0 Å². The maximum atomic E-state index is 13.1. The Morgan fingerprint density at radius 1 is 1.13 bits per heavy atom. The second kappa shape index (κ2) is 8.88. The van der Waals surface area contributed by atoms with E-state index in [1.807, 2.05) is 6.92 Å². The topological polar surface area (TPSA) is 95.6 Å². The molecular weight excluding hydrogens is 422 g/mol. The van der Waals surface area contributed by atoms with Gasteiger partial charge in [0.05, 0.1) is 15.8 Å². The maximum Gasteiger partial charge on any atom is 0.243 e. The minimum absolute atomic E-state index is 0.0709. The van der Waals surface area contributed by atoms with Crippen LogP contribution in [0, 0.1) is 5.92 Å². The van der Waals surface area contributed by atoms with E-state index in [4.69, 9.17) is 0 Å². The normalized spacial score (nSPS) is 24.2. The van der Waals surface area contributed by atoms with Crippen LogP contribution >= 0.6 is 11.8 Å². The number of amides is 2. The quantitative estimate of drug-likeness (QED) is 0.734. The maximum absolute atomic E-state index is 13.1.